The van der Waals surface area contributed by atoms with Crippen LogP contribution in [0.25, 0.3) is 0 Å². The molecule has 47 valence electrons. The zero-order valence-corrected chi connectivity index (χ0v) is 4.89. The van der Waals surface area contributed by atoms with Gasteiger partial charge in [-0.05, 0) is 6.54 Å². The van der Waals surface area contributed by atoms with E-state index >= 15 is 0 Å². The van der Waals surface area contributed by atoms with Crippen molar-refractivity contribution in [2.24, 2.45) is 5.73 Å². The van der Waals surface area contributed by atoms with Crippen molar-refractivity contribution in [1.82, 2.24) is 0 Å². The van der Waals surface area contributed by atoms with Gasteiger partial charge in [-0.3, -0.25) is 4.79 Å². The predicted molar refractivity (Wildman–Crippen MR) is 29.7 cm³/mol. The molecule has 1 radical (unpaired) electrons. The summed E-state index contributed by atoms with van der Waals surface area (Å²) >= 11 is 0. The van der Waals surface area contributed by atoms with Crippen molar-refractivity contribution in [2.75, 3.05) is 6.54 Å². The summed E-state index contributed by atoms with van der Waals surface area (Å²) in [5.41, 5.74) is 5.09. The quantitative estimate of drug-likeness (QED) is 0.419. The summed E-state index contributed by atoms with van der Waals surface area (Å²) in [6, 6.07) is 0. The van der Waals surface area contributed by atoms with Gasteiger partial charge in [0.2, 0.25) is 0 Å². The maximum absolute atomic E-state index is 10.0. The molecule has 0 atom stereocenters. The molecule has 0 fully saturated rings. The van der Waals surface area contributed by atoms with Crippen molar-refractivity contribution in [3.05, 3.63) is 6.61 Å². The van der Waals surface area contributed by atoms with Crippen LogP contribution in [0.1, 0.15) is 13.3 Å². The number of nitrogens with two attached hydrogens (primary N) is 1. The second kappa shape index (κ2) is 4.59. The van der Waals surface area contributed by atoms with Gasteiger partial charge in [-0.25, -0.2) is 0 Å². The van der Waals surface area contributed by atoms with Crippen molar-refractivity contribution in [2.45, 2.75) is 13.3 Å². The first-order valence-corrected chi connectivity index (χ1v) is 2.46. The molecule has 0 saturated carbocycles. The smallest absolute Gasteiger partial charge is 0.303 e. The summed E-state index contributed by atoms with van der Waals surface area (Å²) in [6.07, 6.45) is 0.625. The Morgan fingerprint density at radius 2 is 2.50 bits per heavy atom. The van der Waals surface area contributed by atoms with Crippen LogP contribution in [0.2, 0.25) is 0 Å². The Labute approximate surface area is 48.8 Å². The van der Waals surface area contributed by atoms with Gasteiger partial charge in [0.1, 0.15) is 6.61 Å². The lowest BCUT2D eigenvalue weighted by molar-refractivity contribution is -0.137. The average Bonchev–Trinajstić information content (AvgIpc) is 1.66. The van der Waals surface area contributed by atoms with Gasteiger partial charge < -0.3 is 10.5 Å². The second-order valence-electron chi connectivity index (χ2n) is 1.35. The third-order valence-electron chi connectivity index (χ3n) is 0.534. The molecule has 0 rings (SSSR count). The van der Waals surface area contributed by atoms with E-state index in [0.29, 0.717) is 13.0 Å². The van der Waals surface area contributed by atoms with E-state index in [2.05, 4.69) is 4.74 Å². The van der Waals surface area contributed by atoms with E-state index in [-0.39, 0.29) is 5.97 Å². The van der Waals surface area contributed by atoms with Crippen LogP contribution >= 0.6 is 0 Å². The van der Waals surface area contributed by atoms with Crippen LogP contribution < -0.4 is 5.73 Å². The fourth-order valence-corrected chi connectivity index (χ4v) is 0.244. The van der Waals surface area contributed by atoms with Crippen molar-refractivity contribution >= 4 is 5.97 Å². The molecule has 0 aromatic heterocycles. The Bertz CT molecular complexity index is 72.8. The highest BCUT2D eigenvalue weighted by molar-refractivity contribution is 5.66. The molecule has 8 heavy (non-hydrogen) atoms. The molecule has 0 aromatic rings. The molecule has 0 spiro atoms. The van der Waals surface area contributed by atoms with E-state index in [9.17, 15) is 4.79 Å². The van der Waals surface area contributed by atoms with Crippen LogP contribution in [0.4, 0.5) is 0 Å². The lowest BCUT2D eigenvalue weighted by atomic mass is 10.5. The molecule has 0 aliphatic heterocycles. The van der Waals surface area contributed by atoms with E-state index in [1.807, 2.05) is 0 Å². The summed E-state index contributed by atoms with van der Waals surface area (Å²) in [4.78, 5) is 10.0. The molecule has 3 nitrogen and oxygen atoms in total. The van der Waals surface area contributed by atoms with E-state index < -0.39 is 0 Å². The van der Waals surface area contributed by atoms with Gasteiger partial charge in [0.25, 0.3) is 0 Å². The monoisotopic (exact) mass is 116 g/mol. The summed E-state index contributed by atoms with van der Waals surface area (Å²) < 4.78 is 4.44. The third-order valence-corrected chi connectivity index (χ3v) is 0.534. The van der Waals surface area contributed by atoms with E-state index in [1.54, 1.807) is 0 Å². The molecule has 0 unspecified atom stereocenters. The molecule has 0 amide bonds. The van der Waals surface area contributed by atoms with Crippen LogP contribution in [0.3, 0.4) is 0 Å². The normalized spacial score (nSPS) is 8.75. The highest BCUT2D eigenvalue weighted by atomic mass is 16.5. The fourth-order valence-electron chi connectivity index (χ4n) is 0.244. The lowest BCUT2D eigenvalue weighted by Gasteiger charge is -1.95. The van der Waals surface area contributed by atoms with Crippen molar-refractivity contribution < 1.29 is 9.53 Å². The molecular formula is C5H10NO2. The predicted octanol–water partition coefficient (Wildman–Crippen LogP) is 0.0601. The molecule has 0 bridgehead atoms. The Hall–Kier alpha value is -0.570. The van der Waals surface area contributed by atoms with E-state index in [4.69, 9.17) is 5.73 Å². The number of carbonyl (C=O) groups is 1. The third kappa shape index (κ3) is 5.43. The minimum absolute atomic E-state index is 0.293. The minimum Gasteiger partial charge on any atom is -0.459 e. The van der Waals surface area contributed by atoms with Gasteiger partial charge in [-0.1, -0.05) is 0 Å². The molecule has 0 aliphatic rings. The highest BCUT2D eigenvalue weighted by Gasteiger charge is 1.89. The number of carbonyl (C=O) groups excluding carboxylic acids is 1. The van der Waals surface area contributed by atoms with Gasteiger partial charge in [-0.15, -0.1) is 0 Å². The molecule has 2 N–H and O–H groups in total. The zero-order chi connectivity index (χ0) is 6.41. The van der Waals surface area contributed by atoms with Crippen LogP contribution in [0, 0.1) is 6.61 Å². The van der Waals surface area contributed by atoms with Gasteiger partial charge >= 0.3 is 5.97 Å². The summed E-state index contributed by atoms with van der Waals surface area (Å²) in [5.74, 6) is -0.293. The molecule has 0 saturated heterocycles. The molecule has 0 aromatic carbocycles. The van der Waals surface area contributed by atoms with Crippen LogP contribution in [-0.4, -0.2) is 12.5 Å². The number of ether oxygens (including phenoxy) is 1. The fraction of sp³-hybridized carbons (Fsp3) is 0.600. The van der Waals surface area contributed by atoms with Crippen molar-refractivity contribution in [3.63, 3.8) is 0 Å². The number of rotatable bonds is 3. The molecule has 3 heteroatoms. The standard InChI is InChI=1S/C5H10NO2/c1-5(7)8-4-2-3-6/h4H,2-3,6H2,1H3. The van der Waals surface area contributed by atoms with Crippen LogP contribution in [0.15, 0.2) is 0 Å². The number of hydrogen-bond donors (Lipinski definition) is 1. The lowest BCUT2D eigenvalue weighted by Crippen LogP contribution is -2.02. The SMILES string of the molecule is CC(=O)O[CH]CCN. The van der Waals surface area contributed by atoms with Gasteiger partial charge in [-0.2, -0.15) is 0 Å². The van der Waals surface area contributed by atoms with E-state index in [1.165, 1.54) is 13.5 Å². The summed E-state index contributed by atoms with van der Waals surface area (Å²) in [7, 11) is 0. The largest absolute Gasteiger partial charge is 0.459 e. The van der Waals surface area contributed by atoms with Gasteiger partial charge in [0.05, 0.1) is 0 Å². The first-order chi connectivity index (χ1) is 3.77. The zero-order valence-electron chi connectivity index (χ0n) is 4.89. The Morgan fingerprint density at radius 3 is 2.88 bits per heavy atom. The minimum atomic E-state index is -0.293. The Morgan fingerprint density at radius 1 is 1.88 bits per heavy atom. The first kappa shape index (κ1) is 7.43. The van der Waals surface area contributed by atoms with Gasteiger partial charge in [0.15, 0.2) is 0 Å². The molecule has 0 heterocycles. The topological polar surface area (TPSA) is 52.3 Å². The summed E-state index contributed by atoms with van der Waals surface area (Å²) in [5, 5.41) is 0. The first-order valence-electron chi connectivity index (χ1n) is 2.46. The number of hydrogen-bond acceptors (Lipinski definition) is 3. The second-order valence-corrected chi connectivity index (χ2v) is 1.35. The maximum Gasteiger partial charge on any atom is 0.303 e. The maximum atomic E-state index is 10.0. The number of esters is 1. The Balaban J connectivity index is 2.82. The average molecular weight is 116 g/mol. The van der Waals surface area contributed by atoms with Crippen molar-refractivity contribution in [3.8, 4) is 0 Å². The van der Waals surface area contributed by atoms with Crippen LogP contribution in [-0.2, 0) is 9.53 Å². The highest BCUT2D eigenvalue weighted by Crippen LogP contribution is 1.85. The van der Waals surface area contributed by atoms with Gasteiger partial charge in [0, 0.05) is 13.3 Å². The summed E-state index contributed by atoms with van der Waals surface area (Å²) in [6.45, 7) is 3.28. The van der Waals surface area contributed by atoms with Crippen molar-refractivity contribution in [1.29, 1.82) is 0 Å². The Kier molecular flexibility index (Phi) is 4.26. The van der Waals surface area contributed by atoms with Crippen LogP contribution in [0.5, 0.6) is 0 Å². The van der Waals surface area contributed by atoms with E-state index in [0.717, 1.165) is 0 Å². The molecular weight excluding hydrogens is 106 g/mol. The molecule has 0 aliphatic carbocycles.